The Labute approximate surface area is 108 Å². The van der Waals surface area contributed by atoms with Gasteiger partial charge in [0.2, 0.25) is 0 Å². The van der Waals surface area contributed by atoms with E-state index in [0.29, 0.717) is 6.04 Å². The highest BCUT2D eigenvalue weighted by Crippen LogP contribution is 2.19. The Hall–Kier alpha value is -0.980. The van der Waals surface area contributed by atoms with Gasteiger partial charge in [0, 0.05) is 24.8 Å². The fourth-order valence-corrected chi connectivity index (χ4v) is 2.77. The number of hydrogen-bond donors (Lipinski definition) is 2. The van der Waals surface area contributed by atoms with Gasteiger partial charge in [0.25, 0.3) is 10.0 Å². The summed E-state index contributed by atoms with van der Waals surface area (Å²) in [4.78, 5) is 4.01. The zero-order valence-electron chi connectivity index (χ0n) is 10.7. The molecule has 1 heterocycles. The van der Waals surface area contributed by atoms with E-state index >= 15 is 0 Å². The lowest BCUT2D eigenvalue weighted by Gasteiger charge is -2.09. The largest absolute Gasteiger partial charge is 0.310 e. The molecule has 0 radical (unpaired) electrons. The van der Waals surface area contributed by atoms with E-state index in [2.05, 4.69) is 15.0 Å². The van der Waals surface area contributed by atoms with Gasteiger partial charge in [0.15, 0.2) is 5.03 Å². The lowest BCUT2D eigenvalue weighted by molar-refractivity contribution is 0.565. The van der Waals surface area contributed by atoms with Crippen LogP contribution in [0.3, 0.4) is 0 Å². The predicted molar refractivity (Wildman–Crippen MR) is 69.6 cm³/mol. The molecule has 0 aromatic carbocycles. The molecule has 1 aromatic heterocycles. The Bertz CT molecular complexity index is 493. The summed E-state index contributed by atoms with van der Waals surface area (Å²) in [6.07, 6.45) is 4.08. The first-order valence-electron chi connectivity index (χ1n) is 6.18. The molecule has 6 heteroatoms. The van der Waals surface area contributed by atoms with Gasteiger partial charge in [-0.25, -0.2) is 18.1 Å². The SMILES string of the molecule is CC(C)NS(=O)(=O)c1ccc(CNC2CC2)cn1. The Balaban J connectivity index is 2.01. The first-order chi connectivity index (χ1) is 8.47. The Morgan fingerprint density at radius 3 is 2.61 bits per heavy atom. The molecule has 0 unspecified atom stereocenters. The average molecular weight is 269 g/mol. The quantitative estimate of drug-likeness (QED) is 0.809. The Kier molecular flexibility index (Phi) is 3.99. The molecule has 1 aliphatic carbocycles. The van der Waals surface area contributed by atoms with Crippen LogP contribution in [0.15, 0.2) is 23.4 Å². The van der Waals surface area contributed by atoms with Crippen molar-refractivity contribution in [3.8, 4) is 0 Å². The summed E-state index contributed by atoms with van der Waals surface area (Å²) in [5.74, 6) is 0. The Morgan fingerprint density at radius 1 is 1.39 bits per heavy atom. The zero-order chi connectivity index (χ0) is 13.2. The third-order valence-corrected chi connectivity index (χ3v) is 4.21. The van der Waals surface area contributed by atoms with Crippen LogP contribution in [0.2, 0.25) is 0 Å². The minimum Gasteiger partial charge on any atom is -0.310 e. The van der Waals surface area contributed by atoms with E-state index in [1.807, 2.05) is 0 Å². The van der Waals surface area contributed by atoms with Crippen molar-refractivity contribution < 1.29 is 8.42 Å². The third-order valence-electron chi connectivity index (χ3n) is 2.64. The van der Waals surface area contributed by atoms with E-state index in [9.17, 15) is 8.42 Å². The number of nitrogens with zero attached hydrogens (tertiary/aromatic N) is 1. The molecule has 1 aliphatic rings. The molecule has 18 heavy (non-hydrogen) atoms. The Morgan fingerprint density at radius 2 is 2.11 bits per heavy atom. The highest BCUT2D eigenvalue weighted by Gasteiger charge is 2.20. The van der Waals surface area contributed by atoms with Gasteiger partial charge in [-0.2, -0.15) is 0 Å². The second kappa shape index (κ2) is 5.34. The molecule has 0 bridgehead atoms. The van der Waals surface area contributed by atoms with Crippen molar-refractivity contribution in [1.29, 1.82) is 0 Å². The number of sulfonamides is 1. The topological polar surface area (TPSA) is 71.1 Å². The van der Waals surface area contributed by atoms with E-state index in [1.165, 1.54) is 12.8 Å². The monoisotopic (exact) mass is 269 g/mol. The fourth-order valence-electron chi connectivity index (χ4n) is 1.59. The summed E-state index contributed by atoms with van der Waals surface area (Å²) in [7, 11) is -3.48. The van der Waals surface area contributed by atoms with Crippen molar-refractivity contribution in [1.82, 2.24) is 15.0 Å². The first kappa shape index (κ1) is 13.5. The van der Waals surface area contributed by atoms with Crippen molar-refractivity contribution in [3.63, 3.8) is 0 Å². The molecule has 5 nitrogen and oxygen atoms in total. The third kappa shape index (κ3) is 3.76. The van der Waals surface area contributed by atoms with Gasteiger partial charge >= 0.3 is 0 Å². The van der Waals surface area contributed by atoms with Gasteiger partial charge in [-0.3, -0.25) is 0 Å². The van der Waals surface area contributed by atoms with E-state index in [-0.39, 0.29) is 11.1 Å². The van der Waals surface area contributed by atoms with Crippen molar-refractivity contribution in [3.05, 3.63) is 23.9 Å². The highest BCUT2D eigenvalue weighted by molar-refractivity contribution is 7.89. The van der Waals surface area contributed by atoms with Crippen LogP contribution < -0.4 is 10.0 Å². The van der Waals surface area contributed by atoms with Crippen LogP contribution in [0.25, 0.3) is 0 Å². The molecule has 1 saturated carbocycles. The molecule has 0 amide bonds. The van der Waals surface area contributed by atoms with E-state index in [4.69, 9.17) is 0 Å². The normalized spacial score (nSPS) is 16.2. The van der Waals surface area contributed by atoms with E-state index in [1.54, 1.807) is 32.2 Å². The number of aromatic nitrogens is 1. The lowest BCUT2D eigenvalue weighted by atomic mass is 10.3. The predicted octanol–water partition coefficient (Wildman–Crippen LogP) is 1.02. The summed E-state index contributed by atoms with van der Waals surface area (Å²) in [5.41, 5.74) is 1.00. The number of hydrogen-bond acceptors (Lipinski definition) is 4. The van der Waals surface area contributed by atoms with Gasteiger partial charge in [0.1, 0.15) is 0 Å². The first-order valence-corrected chi connectivity index (χ1v) is 7.66. The van der Waals surface area contributed by atoms with Gasteiger partial charge in [-0.05, 0) is 38.3 Å². The summed E-state index contributed by atoms with van der Waals surface area (Å²) < 4.78 is 26.2. The molecule has 1 aromatic rings. The van der Waals surface area contributed by atoms with Gasteiger partial charge < -0.3 is 5.32 Å². The number of nitrogens with one attached hydrogen (secondary N) is 2. The molecule has 0 saturated heterocycles. The molecular weight excluding hydrogens is 250 g/mol. The van der Waals surface area contributed by atoms with Gasteiger partial charge in [-0.1, -0.05) is 6.07 Å². The van der Waals surface area contributed by atoms with Crippen LogP contribution in [0.1, 0.15) is 32.3 Å². The minimum atomic E-state index is -3.48. The number of rotatable bonds is 6. The zero-order valence-corrected chi connectivity index (χ0v) is 11.5. The van der Waals surface area contributed by atoms with Crippen LogP contribution in [-0.2, 0) is 16.6 Å². The van der Waals surface area contributed by atoms with E-state index < -0.39 is 10.0 Å². The highest BCUT2D eigenvalue weighted by atomic mass is 32.2. The van der Waals surface area contributed by atoms with E-state index in [0.717, 1.165) is 12.1 Å². The van der Waals surface area contributed by atoms with Crippen molar-refractivity contribution in [2.45, 2.75) is 50.3 Å². The maximum Gasteiger partial charge on any atom is 0.258 e. The van der Waals surface area contributed by atoms with Crippen LogP contribution >= 0.6 is 0 Å². The fraction of sp³-hybridized carbons (Fsp3) is 0.583. The smallest absolute Gasteiger partial charge is 0.258 e. The summed E-state index contributed by atoms with van der Waals surface area (Å²) in [6, 6.07) is 3.86. The molecule has 0 spiro atoms. The summed E-state index contributed by atoms with van der Waals surface area (Å²) >= 11 is 0. The molecule has 0 atom stereocenters. The summed E-state index contributed by atoms with van der Waals surface area (Å²) in [5, 5.41) is 3.43. The van der Waals surface area contributed by atoms with Crippen LogP contribution in [0.4, 0.5) is 0 Å². The molecule has 2 rings (SSSR count). The van der Waals surface area contributed by atoms with Crippen molar-refractivity contribution in [2.24, 2.45) is 0 Å². The average Bonchev–Trinajstić information content (AvgIpc) is 3.09. The molecule has 100 valence electrons. The van der Waals surface area contributed by atoms with Crippen LogP contribution in [-0.4, -0.2) is 25.5 Å². The van der Waals surface area contributed by atoms with Crippen molar-refractivity contribution in [2.75, 3.05) is 0 Å². The molecule has 1 fully saturated rings. The van der Waals surface area contributed by atoms with Crippen LogP contribution in [0, 0.1) is 0 Å². The van der Waals surface area contributed by atoms with Gasteiger partial charge in [0.05, 0.1) is 0 Å². The standard InChI is InChI=1S/C12H19N3O2S/c1-9(2)15-18(16,17)12-6-3-10(8-14-12)7-13-11-4-5-11/h3,6,8-9,11,13,15H,4-5,7H2,1-2H3. The maximum absolute atomic E-state index is 11.8. The maximum atomic E-state index is 11.8. The number of pyridine rings is 1. The molecule has 0 aliphatic heterocycles. The second-order valence-corrected chi connectivity index (χ2v) is 6.60. The van der Waals surface area contributed by atoms with Crippen molar-refractivity contribution >= 4 is 10.0 Å². The molecular formula is C12H19N3O2S. The minimum absolute atomic E-state index is 0.0753. The van der Waals surface area contributed by atoms with Gasteiger partial charge in [-0.15, -0.1) is 0 Å². The van der Waals surface area contributed by atoms with Crippen LogP contribution in [0.5, 0.6) is 0 Å². The molecule has 2 N–H and O–H groups in total. The lowest BCUT2D eigenvalue weighted by Crippen LogP contribution is -2.30. The summed E-state index contributed by atoms with van der Waals surface area (Å²) in [6.45, 7) is 4.31. The second-order valence-electron chi connectivity index (χ2n) is 4.94.